The van der Waals surface area contributed by atoms with Crippen LogP contribution in [0.5, 0.6) is 0 Å². The Balaban J connectivity index is 1.89. The van der Waals surface area contributed by atoms with Crippen molar-refractivity contribution >= 4 is 44.7 Å². The van der Waals surface area contributed by atoms with Gasteiger partial charge >= 0.3 is 0 Å². The predicted molar refractivity (Wildman–Crippen MR) is 80.8 cm³/mol. The van der Waals surface area contributed by atoms with Gasteiger partial charge in [-0.2, -0.15) is 0 Å². The molecule has 2 rings (SSSR count). The maximum Gasteiger partial charge on any atom is 0.288 e. The number of benzene rings is 1. The molecule has 0 bridgehead atoms. The van der Waals surface area contributed by atoms with E-state index in [9.17, 15) is 14.4 Å². The van der Waals surface area contributed by atoms with Gasteiger partial charge in [0.25, 0.3) is 11.1 Å². The molecule has 0 radical (unpaired) electrons. The van der Waals surface area contributed by atoms with Crippen LogP contribution in [0, 0.1) is 6.92 Å². The molecule has 106 valence electrons. The van der Waals surface area contributed by atoms with Gasteiger partial charge in [-0.15, -0.1) is 0 Å². The first-order valence-corrected chi connectivity index (χ1v) is 7.78. The minimum Gasteiger partial charge on any atom is -0.350 e. The van der Waals surface area contributed by atoms with E-state index in [4.69, 9.17) is 0 Å². The van der Waals surface area contributed by atoms with Crippen molar-refractivity contribution in [3.05, 3.63) is 33.8 Å². The highest BCUT2D eigenvalue weighted by Crippen LogP contribution is 2.19. The average molecular weight is 357 g/mol. The highest BCUT2D eigenvalue weighted by molar-refractivity contribution is 9.10. The number of nitrogens with zero attached hydrogens (tertiary/aromatic N) is 1. The lowest BCUT2D eigenvalue weighted by atomic mass is 10.1. The number of hydrogen-bond donors (Lipinski definition) is 1. The van der Waals surface area contributed by atoms with E-state index in [1.807, 2.05) is 19.1 Å². The maximum atomic E-state index is 12.0. The number of carbonyl (C=O) groups is 3. The van der Waals surface area contributed by atoms with E-state index in [1.54, 1.807) is 6.07 Å². The SMILES string of the molecule is Cc1ccc(C(=O)NCCN2C(=O)CSC2=O)c(Br)c1. The molecule has 1 aliphatic heterocycles. The van der Waals surface area contributed by atoms with Crippen molar-refractivity contribution in [1.82, 2.24) is 10.2 Å². The summed E-state index contributed by atoms with van der Waals surface area (Å²) in [4.78, 5) is 35.9. The Morgan fingerprint density at radius 3 is 2.80 bits per heavy atom. The molecule has 3 amide bonds. The molecule has 1 aromatic carbocycles. The second-order valence-electron chi connectivity index (χ2n) is 4.34. The van der Waals surface area contributed by atoms with Crippen molar-refractivity contribution < 1.29 is 14.4 Å². The van der Waals surface area contributed by atoms with Crippen molar-refractivity contribution in [2.24, 2.45) is 0 Å². The summed E-state index contributed by atoms with van der Waals surface area (Å²) in [7, 11) is 0. The van der Waals surface area contributed by atoms with Gasteiger partial charge in [-0.05, 0) is 40.5 Å². The molecule has 1 fully saturated rings. The highest BCUT2D eigenvalue weighted by Gasteiger charge is 2.29. The van der Waals surface area contributed by atoms with Crippen LogP contribution in [-0.4, -0.2) is 40.8 Å². The Morgan fingerprint density at radius 1 is 1.45 bits per heavy atom. The molecule has 20 heavy (non-hydrogen) atoms. The molecule has 0 aromatic heterocycles. The summed E-state index contributed by atoms with van der Waals surface area (Å²) in [6.07, 6.45) is 0. The Bertz CT molecular complexity index is 561. The normalized spacial score (nSPS) is 14.8. The van der Waals surface area contributed by atoms with Gasteiger partial charge < -0.3 is 5.32 Å². The van der Waals surface area contributed by atoms with Crippen molar-refractivity contribution in [3.8, 4) is 0 Å². The van der Waals surface area contributed by atoms with Gasteiger partial charge in [-0.25, -0.2) is 0 Å². The second-order valence-corrected chi connectivity index (χ2v) is 6.12. The van der Waals surface area contributed by atoms with E-state index in [2.05, 4.69) is 21.2 Å². The molecule has 7 heteroatoms. The Hall–Kier alpha value is -1.34. The fourth-order valence-electron chi connectivity index (χ4n) is 1.78. The molecule has 0 aliphatic carbocycles. The molecule has 1 aromatic rings. The largest absolute Gasteiger partial charge is 0.350 e. The van der Waals surface area contributed by atoms with Crippen LogP contribution in [0.15, 0.2) is 22.7 Å². The summed E-state index contributed by atoms with van der Waals surface area (Å²) < 4.78 is 0.721. The number of rotatable bonds is 4. The Labute approximate surface area is 129 Å². The number of halogens is 1. The van der Waals surface area contributed by atoms with E-state index >= 15 is 0 Å². The van der Waals surface area contributed by atoms with Gasteiger partial charge in [0.15, 0.2) is 0 Å². The molecule has 1 heterocycles. The van der Waals surface area contributed by atoms with E-state index in [0.29, 0.717) is 5.56 Å². The summed E-state index contributed by atoms with van der Waals surface area (Å²) in [5, 5.41) is 2.45. The molecule has 0 spiro atoms. The summed E-state index contributed by atoms with van der Waals surface area (Å²) in [6.45, 7) is 2.39. The van der Waals surface area contributed by atoms with Crippen molar-refractivity contribution in [2.45, 2.75) is 6.92 Å². The first-order chi connectivity index (χ1) is 9.49. The van der Waals surface area contributed by atoms with Crippen molar-refractivity contribution in [2.75, 3.05) is 18.8 Å². The third-order valence-electron chi connectivity index (χ3n) is 2.83. The molecule has 1 saturated heterocycles. The fourth-order valence-corrected chi connectivity index (χ4v) is 3.20. The lowest BCUT2D eigenvalue weighted by molar-refractivity contribution is -0.124. The molecule has 0 unspecified atom stereocenters. The number of hydrogen-bond acceptors (Lipinski definition) is 4. The van der Waals surface area contributed by atoms with Crippen LogP contribution < -0.4 is 5.32 Å². The van der Waals surface area contributed by atoms with Crippen LogP contribution in [-0.2, 0) is 4.79 Å². The topological polar surface area (TPSA) is 66.5 Å². The predicted octanol–water partition coefficient (Wildman–Crippen LogP) is 2.18. The number of aryl methyl sites for hydroxylation is 1. The number of thioether (sulfide) groups is 1. The van der Waals surface area contributed by atoms with Gasteiger partial charge in [0, 0.05) is 17.6 Å². The Kier molecular flexibility index (Phi) is 4.82. The summed E-state index contributed by atoms with van der Waals surface area (Å²) >= 11 is 4.33. The number of carbonyl (C=O) groups excluding carboxylic acids is 3. The monoisotopic (exact) mass is 356 g/mol. The number of imide groups is 1. The van der Waals surface area contributed by atoms with Gasteiger partial charge in [0.05, 0.1) is 11.3 Å². The van der Waals surface area contributed by atoms with Crippen LogP contribution in [0.25, 0.3) is 0 Å². The quantitative estimate of drug-likeness (QED) is 0.897. The lowest BCUT2D eigenvalue weighted by Gasteiger charge is -2.13. The van der Waals surface area contributed by atoms with Crippen LogP contribution in [0.4, 0.5) is 4.79 Å². The zero-order valence-electron chi connectivity index (χ0n) is 10.8. The van der Waals surface area contributed by atoms with Gasteiger partial charge in [0.2, 0.25) is 5.91 Å². The van der Waals surface area contributed by atoms with Crippen LogP contribution in [0.3, 0.4) is 0 Å². The second kappa shape index (κ2) is 6.41. The standard InChI is InChI=1S/C13H13BrN2O3S/c1-8-2-3-9(10(14)6-8)12(18)15-4-5-16-11(17)7-20-13(16)19/h2-3,6H,4-5,7H2,1H3,(H,15,18). The van der Waals surface area contributed by atoms with E-state index < -0.39 is 0 Å². The maximum absolute atomic E-state index is 12.0. The fraction of sp³-hybridized carbons (Fsp3) is 0.308. The first kappa shape index (κ1) is 15.1. The molecule has 5 nitrogen and oxygen atoms in total. The van der Waals surface area contributed by atoms with Crippen LogP contribution in [0.1, 0.15) is 15.9 Å². The number of amides is 3. The molecule has 1 aliphatic rings. The number of nitrogens with one attached hydrogen (secondary N) is 1. The Morgan fingerprint density at radius 2 is 2.20 bits per heavy atom. The zero-order valence-corrected chi connectivity index (χ0v) is 13.2. The van der Waals surface area contributed by atoms with Gasteiger partial charge in [-0.1, -0.05) is 17.8 Å². The summed E-state index contributed by atoms with van der Waals surface area (Å²) in [6, 6.07) is 5.44. The lowest BCUT2D eigenvalue weighted by Crippen LogP contribution is -2.37. The highest BCUT2D eigenvalue weighted by atomic mass is 79.9. The van der Waals surface area contributed by atoms with Gasteiger partial charge in [-0.3, -0.25) is 19.3 Å². The van der Waals surface area contributed by atoms with E-state index in [-0.39, 0.29) is 35.9 Å². The van der Waals surface area contributed by atoms with E-state index in [0.717, 1.165) is 26.7 Å². The van der Waals surface area contributed by atoms with Crippen molar-refractivity contribution in [3.63, 3.8) is 0 Å². The summed E-state index contributed by atoms with van der Waals surface area (Å²) in [5.74, 6) is -0.245. The third-order valence-corrected chi connectivity index (χ3v) is 4.35. The zero-order chi connectivity index (χ0) is 14.7. The van der Waals surface area contributed by atoms with Gasteiger partial charge in [0.1, 0.15) is 0 Å². The molecule has 0 saturated carbocycles. The summed E-state index contributed by atoms with van der Waals surface area (Å²) in [5.41, 5.74) is 1.59. The molecule has 0 atom stereocenters. The first-order valence-electron chi connectivity index (χ1n) is 6.00. The van der Waals surface area contributed by atoms with Crippen molar-refractivity contribution in [1.29, 1.82) is 0 Å². The molecule has 1 N–H and O–H groups in total. The van der Waals surface area contributed by atoms with Crippen LogP contribution in [0.2, 0.25) is 0 Å². The molecular formula is C13H13BrN2O3S. The third kappa shape index (κ3) is 3.40. The van der Waals surface area contributed by atoms with E-state index in [1.165, 1.54) is 0 Å². The molecular weight excluding hydrogens is 344 g/mol. The average Bonchev–Trinajstić information content (AvgIpc) is 2.70. The minimum absolute atomic E-state index is 0.191. The smallest absolute Gasteiger partial charge is 0.288 e. The minimum atomic E-state index is -0.249. The van der Waals surface area contributed by atoms with Crippen LogP contribution >= 0.6 is 27.7 Å².